The Kier molecular flexibility index (Phi) is 19.8. The highest BCUT2D eigenvalue weighted by Gasteiger charge is 2.25. The lowest BCUT2D eigenvalue weighted by atomic mass is 10.1. The van der Waals surface area contributed by atoms with Gasteiger partial charge in [-0.1, -0.05) is 53.1 Å². The van der Waals surface area contributed by atoms with Gasteiger partial charge in [0.25, 0.3) is 9.05 Å². The van der Waals surface area contributed by atoms with E-state index in [-0.39, 0.29) is 14.7 Å². The first-order valence-electron chi connectivity index (χ1n) is 17.0. The van der Waals surface area contributed by atoms with E-state index in [4.69, 9.17) is 26.5 Å². The van der Waals surface area contributed by atoms with E-state index in [2.05, 4.69) is 13.3 Å². The Morgan fingerprint density at radius 1 is 0.561 bits per heavy atom. The zero-order chi connectivity index (χ0) is 45.1. The van der Waals surface area contributed by atoms with Crippen LogP contribution in [0.4, 0.5) is 9.59 Å². The van der Waals surface area contributed by atoms with Gasteiger partial charge in [0.05, 0.1) is 4.90 Å². The molecule has 0 aliphatic rings. The average molecular weight is 883 g/mol. The van der Waals surface area contributed by atoms with Gasteiger partial charge >= 0.3 is 32.4 Å². The molecule has 0 saturated carbocycles. The van der Waals surface area contributed by atoms with Crippen LogP contribution in [-0.2, 0) is 47.3 Å². The third-order valence-electron chi connectivity index (χ3n) is 6.81. The molecule has 57 heavy (non-hydrogen) atoms. The van der Waals surface area contributed by atoms with Crippen LogP contribution in [0.25, 0.3) is 0 Å². The van der Waals surface area contributed by atoms with Crippen molar-refractivity contribution < 1.29 is 58.1 Å². The normalized spacial score (nSPS) is 11.7. The SMILES string of the molecule is CC(C)(C)OC(=O)NO.Cc1cc(C)c(S(=O)(=O)Cl)c(C)c1.Cc1cc(C)c(S(=O)(=O)ON)c(C)c1.Cc1cc(C)c(S(=O)(=O)ONC(=O)OC(C)(C)C)c(C)c1. The van der Waals surface area contributed by atoms with Crippen molar-refractivity contribution in [1.29, 1.82) is 0 Å². The summed E-state index contributed by atoms with van der Waals surface area (Å²) in [5.41, 5.74) is 8.67. The van der Waals surface area contributed by atoms with Crippen LogP contribution in [0.1, 0.15) is 91.6 Å². The highest BCUT2D eigenvalue weighted by atomic mass is 35.7. The third-order valence-corrected chi connectivity index (χ3v) is 11.2. The van der Waals surface area contributed by atoms with E-state index in [0.717, 1.165) is 16.7 Å². The molecular formula is C37H56ClN3O13S3. The summed E-state index contributed by atoms with van der Waals surface area (Å²) < 4.78 is 87.5. The van der Waals surface area contributed by atoms with Gasteiger partial charge in [-0.2, -0.15) is 32.5 Å². The van der Waals surface area contributed by atoms with Gasteiger partial charge in [-0.05, 0) is 137 Å². The first-order chi connectivity index (χ1) is 25.6. The fraction of sp³-hybridized carbons (Fsp3) is 0.459. The summed E-state index contributed by atoms with van der Waals surface area (Å²) in [6, 6.07) is 10.6. The summed E-state index contributed by atoms with van der Waals surface area (Å²) >= 11 is 0. The fourth-order valence-corrected chi connectivity index (χ4v) is 9.24. The zero-order valence-corrected chi connectivity index (χ0v) is 38.2. The van der Waals surface area contributed by atoms with Crippen LogP contribution in [0.15, 0.2) is 51.1 Å². The minimum Gasteiger partial charge on any atom is -0.442 e. The maximum Gasteiger partial charge on any atom is 0.432 e. The average Bonchev–Trinajstić information content (AvgIpc) is 2.97. The quantitative estimate of drug-likeness (QED) is 0.107. The summed E-state index contributed by atoms with van der Waals surface area (Å²) in [5.74, 6) is 4.73. The van der Waals surface area contributed by atoms with Crippen molar-refractivity contribution in [1.82, 2.24) is 11.0 Å². The number of carbonyl (C=O) groups excluding carboxylic acids is 2. The Balaban J connectivity index is 0.000000768. The Hall–Kier alpha value is -3.82. The summed E-state index contributed by atoms with van der Waals surface area (Å²) in [7, 11) is -6.21. The second-order valence-corrected chi connectivity index (χ2v) is 20.4. The van der Waals surface area contributed by atoms with E-state index in [0.29, 0.717) is 33.4 Å². The van der Waals surface area contributed by atoms with Gasteiger partial charge in [0.2, 0.25) is 0 Å². The predicted molar refractivity (Wildman–Crippen MR) is 216 cm³/mol. The predicted octanol–water partition coefficient (Wildman–Crippen LogP) is 7.39. The highest BCUT2D eigenvalue weighted by Crippen LogP contribution is 2.26. The minimum absolute atomic E-state index is 0.0455. The number of nitrogens with one attached hydrogen (secondary N) is 2. The largest absolute Gasteiger partial charge is 0.442 e. The summed E-state index contributed by atoms with van der Waals surface area (Å²) in [6.45, 7) is 26.1. The number of rotatable bonds is 6. The monoisotopic (exact) mass is 881 g/mol. The van der Waals surface area contributed by atoms with Crippen molar-refractivity contribution in [3.63, 3.8) is 0 Å². The van der Waals surface area contributed by atoms with E-state index in [1.54, 1.807) is 113 Å². The fourth-order valence-electron chi connectivity index (χ4n) is 5.45. The number of hydrogen-bond donors (Lipinski definition) is 4. The maximum atomic E-state index is 12.2. The van der Waals surface area contributed by atoms with Crippen LogP contribution < -0.4 is 16.9 Å². The molecule has 0 radical (unpaired) electrons. The summed E-state index contributed by atoms with van der Waals surface area (Å²) in [4.78, 5) is 22.1. The molecule has 0 bridgehead atoms. The molecule has 3 aromatic rings. The molecular weight excluding hydrogens is 826 g/mol. The maximum absolute atomic E-state index is 12.2. The van der Waals surface area contributed by atoms with Gasteiger partial charge in [-0.3, -0.25) is 5.21 Å². The Labute approximate surface area is 341 Å². The molecule has 3 rings (SSSR count). The Morgan fingerprint density at radius 2 is 0.842 bits per heavy atom. The molecule has 322 valence electrons. The standard InChI is InChI=1S/C14H21NO5S.C9H11ClO2S.C9H13NO3S.C5H11NO3/c1-9-7-10(2)12(11(3)8-9)21(17,18)20-15-13(16)19-14(4,5)6;1-6-4-7(2)9(8(3)5-6)13(10,11)12;1-6-4-7(2)9(8(3)5-6)14(11,12)13-10;1-5(2,3)9-4(7)6-8/h7-8H,1-6H3,(H,15,16);4-5H,1-3H3;4-5H,10H2,1-3H3;8H,1-3H3,(H,6,7). The number of benzene rings is 3. The van der Waals surface area contributed by atoms with Crippen LogP contribution in [-0.4, -0.2) is 53.8 Å². The Bertz CT molecular complexity index is 2160. The molecule has 3 aromatic carbocycles. The van der Waals surface area contributed by atoms with E-state index in [9.17, 15) is 34.8 Å². The molecule has 16 nitrogen and oxygen atoms in total. The molecule has 2 amide bonds. The molecule has 0 spiro atoms. The lowest BCUT2D eigenvalue weighted by Crippen LogP contribution is -2.34. The lowest BCUT2D eigenvalue weighted by Gasteiger charge is -2.19. The third kappa shape index (κ3) is 19.0. The van der Waals surface area contributed by atoms with E-state index in [1.807, 2.05) is 32.9 Å². The summed E-state index contributed by atoms with van der Waals surface area (Å²) in [5, 5.41) is 7.97. The van der Waals surface area contributed by atoms with Crippen LogP contribution in [0.3, 0.4) is 0 Å². The van der Waals surface area contributed by atoms with Crippen LogP contribution in [0, 0.1) is 62.3 Å². The number of hydrogen-bond acceptors (Lipinski definition) is 14. The van der Waals surface area contributed by atoms with Gasteiger partial charge < -0.3 is 9.47 Å². The van der Waals surface area contributed by atoms with Crippen molar-refractivity contribution in [2.45, 2.75) is 130 Å². The van der Waals surface area contributed by atoms with E-state index in [1.165, 1.54) is 5.48 Å². The molecule has 0 heterocycles. The van der Waals surface area contributed by atoms with E-state index < -0.39 is 52.7 Å². The first kappa shape index (κ1) is 53.2. The molecule has 0 saturated heterocycles. The van der Waals surface area contributed by atoms with Crippen molar-refractivity contribution in [3.05, 3.63) is 86.5 Å². The lowest BCUT2D eigenvalue weighted by molar-refractivity contribution is 0.0228. The number of halogens is 1. The van der Waals surface area contributed by atoms with Crippen molar-refractivity contribution in [2.75, 3.05) is 0 Å². The van der Waals surface area contributed by atoms with Gasteiger partial charge in [0.1, 0.15) is 21.0 Å². The molecule has 5 N–H and O–H groups in total. The van der Waals surface area contributed by atoms with Crippen molar-refractivity contribution in [2.24, 2.45) is 5.90 Å². The van der Waals surface area contributed by atoms with Crippen LogP contribution >= 0.6 is 10.7 Å². The number of nitrogens with two attached hydrogens (primary N) is 1. The topological polar surface area (TPSA) is 244 Å². The second-order valence-electron chi connectivity index (χ2n) is 14.9. The molecule has 0 aliphatic carbocycles. The van der Waals surface area contributed by atoms with Crippen molar-refractivity contribution >= 4 is 52.2 Å². The molecule has 0 unspecified atom stereocenters. The van der Waals surface area contributed by atoms with E-state index >= 15 is 0 Å². The molecule has 0 aromatic heterocycles. The number of ether oxygens (including phenoxy) is 2. The number of hydroxylamine groups is 2. The van der Waals surface area contributed by atoms with Crippen LogP contribution in [0.5, 0.6) is 0 Å². The van der Waals surface area contributed by atoms with Gasteiger partial charge in [-0.15, -0.1) is 4.28 Å². The van der Waals surface area contributed by atoms with Gasteiger partial charge in [0.15, 0.2) is 0 Å². The number of amides is 2. The number of carbonyl (C=O) groups is 2. The van der Waals surface area contributed by atoms with Gasteiger partial charge in [0, 0.05) is 10.7 Å². The smallest absolute Gasteiger partial charge is 0.432 e. The molecule has 20 heteroatoms. The van der Waals surface area contributed by atoms with Gasteiger partial charge in [-0.25, -0.2) is 23.5 Å². The second kappa shape index (κ2) is 21.3. The minimum atomic E-state index is -4.10. The molecule has 0 fully saturated rings. The highest BCUT2D eigenvalue weighted by molar-refractivity contribution is 8.13. The van der Waals surface area contributed by atoms with Crippen LogP contribution in [0.2, 0.25) is 0 Å². The zero-order valence-electron chi connectivity index (χ0n) is 35.0. The molecule has 0 atom stereocenters. The summed E-state index contributed by atoms with van der Waals surface area (Å²) in [6.07, 6.45) is -1.80. The number of aryl methyl sites for hydroxylation is 9. The first-order valence-corrected chi connectivity index (χ1v) is 22.1. The van der Waals surface area contributed by atoms with Crippen molar-refractivity contribution in [3.8, 4) is 0 Å². The molecule has 0 aliphatic heterocycles. The Morgan fingerprint density at radius 3 is 1.09 bits per heavy atom.